The van der Waals surface area contributed by atoms with E-state index in [4.69, 9.17) is 22.7 Å². The number of thiocarbonyl (C=S) groups is 1. The van der Waals surface area contributed by atoms with E-state index in [0.717, 1.165) is 5.56 Å². The van der Waals surface area contributed by atoms with Crippen molar-refractivity contribution in [1.29, 1.82) is 0 Å². The van der Waals surface area contributed by atoms with Gasteiger partial charge in [0, 0.05) is 18.3 Å². The fourth-order valence-corrected chi connectivity index (χ4v) is 2.00. The summed E-state index contributed by atoms with van der Waals surface area (Å²) in [4.78, 5) is 16.6. The molecule has 0 fully saturated rings. The molecule has 2 rings (SSSR count). The molecule has 108 valence electrons. The van der Waals surface area contributed by atoms with Crippen LogP contribution in [0.4, 0.5) is 5.69 Å². The fourth-order valence-electron chi connectivity index (χ4n) is 1.83. The van der Waals surface area contributed by atoms with Gasteiger partial charge in [-0.25, -0.2) is 4.98 Å². The molecule has 0 bridgehead atoms. The van der Waals surface area contributed by atoms with E-state index in [1.54, 1.807) is 30.5 Å². The number of aromatic nitrogens is 1. The van der Waals surface area contributed by atoms with Crippen LogP contribution < -0.4 is 15.8 Å². The molecule has 0 aliphatic carbocycles. The Bertz CT molecular complexity index is 656. The summed E-state index contributed by atoms with van der Waals surface area (Å²) in [6.07, 6.45) is 2.11. The molecule has 2 aromatic rings. The van der Waals surface area contributed by atoms with Gasteiger partial charge in [0.15, 0.2) is 0 Å². The van der Waals surface area contributed by atoms with Crippen LogP contribution in [0.1, 0.15) is 15.9 Å². The second-order valence-corrected chi connectivity index (χ2v) is 4.88. The largest absolute Gasteiger partial charge is 0.480 e. The van der Waals surface area contributed by atoms with Crippen molar-refractivity contribution in [3.05, 3.63) is 53.7 Å². The lowest BCUT2D eigenvalue weighted by Crippen LogP contribution is -2.14. The van der Waals surface area contributed by atoms with Gasteiger partial charge in [0.25, 0.3) is 5.91 Å². The molecule has 1 aromatic carbocycles. The maximum atomic E-state index is 12.2. The summed E-state index contributed by atoms with van der Waals surface area (Å²) in [6, 6.07) is 10.7. The van der Waals surface area contributed by atoms with E-state index in [1.807, 2.05) is 12.1 Å². The summed E-state index contributed by atoms with van der Waals surface area (Å²) >= 11 is 4.86. The number of hydrogen-bond acceptors (Lipinski definition) is 4. The Kier molecular flexibility index (Phi) is 4.84. The minimum absolute atomic E-state index is 0.276. The number of ether oxygens (including phenoxy) is 1. The van der Waals surface area contributed by atoms with E-state index in [9.17, 15) is 4.79 Å². The predicted molar refractivity (Wildman–Crippen MR) is 85.7 cm³/mol. The molecular weight excluding hydrogens is 286 g/mol. The second kappa shape index (κ2) is 6.81. The Balaban J connectivity index is 2.10. The highest BCUT2D eigenvalue weighted by molar-refractivity contribution is 7.80. The predicted octanol–water partition coefficient (Wildman–Crippen LogP) is 2.17. The third-order valence-electron chi connectivity index (χ3n) is 2.80. The molecule has 0 atom stereocenters. The number of nitrogens with two attached hydrogens (primary N) is 1. The molecule has 3 N–H and O–H groups in total. The van der Waals surface area contributed by atoms with Crippen molar-refractivity contribution in [3.8, 4) is 5.88 Å². The normalized spacial score (nSPS) is 9.95. The molecule has 0 aliphatic rings. The van der Waals surface area contributed by atoms with Crippen molar-refractivity contribution < 1.29 is 9.53 Å². The number of nitrogens with one attached hydrogen (secondary N) is 1. The van der Waals surface area contributed by atoms with E-state index in [1.165, 1.54) is 7.11 Å². The standard InChI is InChI=1S/C15H15N3O2S/c1-20-15-12(3-2-8-17-15)14(19)18-11-6-4-10(5-7-11)9-13(16)21/h2-8H,9H2,1H3,(H2,16,21)(H,18,19). The van der Waals surface area contributed by atoms with Gasteiger partial charge in [0.05, 0.1) is 12.1 Å². The van der Waals surface area contributed by atoms with Crippen LogP contribution in [0.25, 0.3) is 0 Å². The maximum absolute atomic E-state index is 12.2. The fraction of sp³-hybridized carbons (Fsp3) is 0.133. The number of anilines is 1. The molecule has 21 heavy (non-hydrogen) atoms. The summed E-state index contributed by atoms with van der Waals surface area (Å²) < 4.78 is 5.07. The highest BCUT2D eigenvalue weighted by atomic mass is 32.1. The first-order valence-corrected chi connectivity index (χ1v) is 6.68. The van der Waals surface area contributed by atoms with E-state index in [0.29, 0.717) is 28.5 Å². The lowest BCUT2D eigenvalue weighted by Gasteiger charge is -2.08. The zero-order chi connectivity index (χ0) is 15.2. The van der Waals surface area contributed by atoms with Gasteiger partial charge in [0.1, 0.15) is 5.56 Å². The van der Waals surface area contributed by atoms with Crippen molar-refractivity contribution in [2.75, 3.05) is 12.4 Å². The minimum atomic E-state index is -0.276. The summed E-state index contributed by atoms with van der Waals surface area (Å²) in [6.45, 7) is 0. The molecule has 0 aliphatic heterocycles. The number of rotatable bonds is 5. The van der Waals surface area contributed by atoms with Crippen molar-refractivity contribution in [1.82, 2.24) is 4.98 Å². The smallest absolute Gasteiger partial charge is 0.261 e. The summed E-state index contributed by atoms with van der Waals surface area (Å²) in [5.74, 6) is 0.0159. The monoisotopic (exact) mass is 301 g/mol. The van der Waals surface area contributed by atoms with Gasteiger partial charge in [-0.2, -0.15) is 0 Å². The average molecular weight is 301 g/mol. The van der Waals surface area contributed by atoms with Crippen molar-refractivity contribution in [2.45, 2.75) is 6.42 Å². The molecular formula is C15H15N3O2S. The first-order valence-electron chi connectivity index (χ1n) is 6.27. The van der Waals surface area contributed by atoms with E-state index < -0.39 is 0 Å². The SMILES string of the molecule is COc1ncccc1C(=O)Nc1ccc(CC(N)=S)cc1. The number of carbonyl (C=O) groups excluding carboxylic acids is 1. The van der Waals surface area contributed by atoms with Crippen LogP contribution in [-0.4, -0.2) is 23.0 Å². The number of methoxy groups -OCH3 is 1. The molecule has 0 radical (unpaired) electrons. The molecule has 6 heteroatoms. The Hall–Kier alpha value is -2.47. The highest BCUT2D eigenvalue weighted by Gasteiger charge is 2.12. The van der Waals surface area contributed by atoms with Gasteiger partial charge < -0.3 is 15.8 Å². The van der Waals surface area contributed by atoms with Gasteiger partial charge in [0.2, 0.25) is 5.88 Å². The Morgan fingerprint density at radius 1 is 1.33 bits per heavy atom. The van der Waals surface area contributed by atoms with Crippen LogP contribution in [0.2, 0.25) is 0 Å². The van der Waals surface area contributed by atoms with Crippen molar-refractivity contribution >= 4 is 28.8 Å². The van der Waals surface area contributed by atoms with E-state index >= 15 is 0 Å². The number of carbonyl (C=O) groups is 1. The van der Waals surface area contributed by atoms with Crippen LogP contribution in [-0.2, 0) is 6.42 Å². The second-order valence-electron chi connectivity index (χ2n) is 4.35. The summed E-state index contributed by atoms with van der Waals surface area (Å²) in [5.41, 5.74) is 7.55. The third-order valence-corrected chi connectivity index (χ3v) is 2.94. The molecule has 0 saturated carbocycles. The van der Waals surface area contributed by atoms with Gasteiger partial charge in [-0.05, 0) is 29.8 Å². The van der Waals surface area contributed by atoms with Gasteiger partial charge in [-0.1, -0.05) is 24.4 Å². The third kappa shape index (κ3) is 4.00. The first kappa shape index (κ1) is 14.9. The Morgan fingerprint density at radius 3 is 2.67 bits per heavy atom. The van der Waals surface area contributed by atoms with Crippen LogP contribution in [0.15, 0.2) is 42.6 Å². The summed E-state index contributed by atoms with van der Waals surface area (Å²) in [7, 11) is 1.48. The molecule has 0 spiro atoms. The van der Waals surface area contributed by atoms with Crippen LogP contribution in [0.5, 0.6) is 5.88 Å². The maximum Gasteiger partial charge on any atom is 0.261 e. The van der Waals surface area contributed by atoms with E-state index in [2.05, 4.69) is 10.3 Å². The minimum Gasteiger partial charge on any atom is -0.480 e. The Morgan fingerprint density at radius 2 is 2.05 bits per heavy atom. The topological polar surface area (TPSA) is 77.2 Å². The number of amides is 1. The zero-order valence-corrected chi connectivity index (χ0v) is 12.3. The van der Waals surface area contributed by atoms with Crippen LogP contribution in [0.3, 0.4) is 0 Å². The molecule has 1 heterocycles. The molecule has 1 amide bonds. The summed E-state index contributed by atoms with van der Waals surface area (Å²) in [5, 5.41) is 2.79. The zero-order valence-electron chi connectivity index (χ0n) is 11.5. The highest BCUT2D eigenvalue weighted by Crippen LogP contribution is 2.17. The molecule has 5 nitrogen and oxygen atoms in total. The number of benzene rings is 1. The number of hydrogen-bond donors (Lipinski definition) is 2. The lowest BCUT2D eigenvalue weighted by molar-refractivity contribution is 0.102. The molecule has 1 aromatic heterocycles. The molecule has 0 saturated heterocycles. The molecule has 0 unspecified atom stereocenters. The van der Waals surface area contributed by atoms with Crippen LogP contribution in [0, 0.1) is 0 Å². The lowest BCUT2D eigenvalue weighted by atomic mass is 10.1. The van der Waals surface area contributed by atoms with Gasteiger partial charge in [-0.3, -0.25) is 4.79 Å². The van der Waals surface area contributed by atoms with Gasteiger partial charge >= 0.3 is 0 Å². The number of pyridine rings is 1. The van der Waals surface area contributed by atoms with E-state index in [-0.39, 0.29) is 5.91 Å². The quantitative estimate of drug-likeness (QED) is 0.828. The van der Waals surface area contributed by atoms with Crippen molar-refractivity contribution in [2.24, 2.45) is 5.73 Å². The van der Waals surface area contributed by atoms with Gasteiger partial charge in [-0.15, -0.1) is 0 Å². The van der Waals surface area contributed by atoms with Crippen LogP contribution >= 0.6 is 12.2 Å². The average Bonchev–Trinajstić information content (AvgIpc) is 2.48. The van der Waals surface area contributed by atoms with Crippen molar-refractivity contribution in [3.63, 3.8) is 0 Å². The first-order chi connectivity index (χ1) is 10.1. The Labute approximate surface area is 128 Å². The number of nitrogens with zero attached hydrogens (tertiary/aromatic N) is 1.